The maximum absolute atomic E-state index is 12.9. The fourth-order valence-electron chi connectivity index (χ4n) is 3.81. The van der Waals surface area contributed by atoms with Crippen molar-refractivity contribution in [2.75, 3.05) is 11.9 Å². The number of carbonyl (C=O) groups excluding carboxylic acids is 2. The average Bonchev–Trinajstić information content (AvgIpc) is 3.27. The van der Waals surface area contributed by atoms with Gasteiger partial charge < -0.3 is 10.2 Å². The predicted octanol–water partition coefficient (Wildman–Crippen LogP) is 2.27. The third-order valence-corrected chi connectivity index (χ3v) is 5.43. The Morgan fingerprint density at radius 2 is 1.91 bits per heavy atom. The van der Waals surface area contributed by atoms with E-state index in [-0.39, 0.29) is 30.0 Å². The minimum Gasteiger partial charge on any atom is -0.331 e. The molecule has 4 rings (SSSR count). The summed E-state index contributed by atoms with van der Waals surface area (Å²) in [5.74, 6) is -0.00138. The summed E-state index contributed by atoms with van der Waals surface area (Å²) in [6.45, 7) is 3.95. The van der Waals surface area contributed by atoms with E-state index in [4.69, 9.17) is 0 Å². The normalized spacial score (nSPS) is 15.6. The van der Waals surface area contributed by atoms with Crippen LogP contribution in [0.5, 0.6) is 0 Å². The van der Waals surface area contributed by atoms with Gasteiger partial charge in [-0.05, 0) is 44.9 Å². The Morgan fingerprint density at radius 1 is 1.12 bits per heavy atom. The molecule has 1 atom stereocenters. The molecule has 1 aliphatic rings. The largest absolute Gasteiger partial charge is 0.331 e. The number of aryl methyl sites for hydroxylation is 2. The average molecular weight is 432 g/mol. The van der Waals surface area contributed by atoms with Crippen molar-refractivity contribution in [1.82, 2.24) is 24.6 Å². The molecular formula is C23H24N6O3. The Labute approximate surface area is 185 Å². The summed E-state index contributed by atoms with van der Waals surface area (Å²) in [7, 11) is 0. The molecule has 164 valence electrons. The Balaban J connectivity index is 1.50. The molecule has 3 aromatic rings. The summed E-state index contributed by atoms with van der Waals surface area (Å²) in [6.07, 6.45) is 3.03. The SMILES string of the molecule is Cc1ccc(=O)n(CC(=O)N2CCCC2c2ncc(C(=O)Nc3ccccc3)c(C)n2)n1. The smallest absolute Gasteiger partial charge is 0.267 e. The van der Waals surface area contributed by atoms with Crippen LogP contribution in [0.15, 0.2) is 53.5 Å². The Kier molecular flexibility index (Phi) is 6.07. The second-order valence-corrected chi connectivity index (χ2v) is 7.76. The fraction of sp³-hybridized carbons (Fsp3) is 0.304. The van der Waals surface area contributed by atoms with Gasteiger partial charge in [-0.1, -0.05) is 18.2 Å². The highest BCUT2D eigenvalue weighted by Crippen LogP contribution is 2.30. The lowest BCUT2D eigenvalue weighted by atomic mass is 10.1. The summed E-state index contributed by atoms with van der Waals surface area (Å²) in [5, 5.41) is 6.97. The van der Waals surface area contributed by atoms with Gasteiger partial charge in [-0.15, -0.1) is 0 Å². The van der Waals surface area contributed by atoms with Gasteiger partial charge >= 0.3 is 0 Å². The number of nitrogens with one attached hydrogen (secondary N) is 1. The summed E-state index contributed by atoms with van der Waals surface area (Å²) >= 11 is 0. The number of likely N-dealkylation sites (tertiary alicyclic amines) is 1. The Morgan fingerprint density at radius 3 is 2.66 bits per heavy atom. The van der Waals surface area contributed by atoms with Gasteiger partial charge in [-0.2, -0.15) is 5.10 Å². The van der Waals surface area contributed by atoms with Gasteiger partial charge in [0.05, 0.1) is 23.0 Å². The van der Waals surface area contributed by atoms with Crippen LogP contribution in [0.25, 0.3) is 0 Å². The first-order chi connectivity index (χ1) is 15.4. The number of nitrogens with zero attached hydrogens (tertiary/aromatic N) is 5. The van der Waals surface area contributed by atoms with Crippen molar-refractivity contribution in [2.24, 2.45) is 0 Å². The summed E-state index contributed by atoms with van der Waals surface area (Å²) in [5.41, 5.74) is 1.95. The highest BCUT2D eigenvalue weighted by atomic mass is 16.2. The molecule has 2 amide bonds. The van der Waals surface area contributed by atoms with E-state index in [1.165, 1.54) is 16.9 Å². The lowest BCUT2D eigenvalue weighted by molar-refractivity contribution is -0.133. The Bertz CT molecular complexity index is 1210. The molecule has 1 N–H and O–H groups in total. The number of para-hydroxylation sites is 1. The molecule has 9 heteroatoms. The molecule has 1 aromatic carbocycles. The first kappa shape index (κ1) is 21.4. The standard InChI is InChI=1S/C23H24N6O3/c1-15-10-11-20(30)29(27-15)14-21(31)28-12-6-9-19(28)22-24-13-18(16(2)25-22)23(32)26-17-7-4-3-5-8-17/h3-5,7-8,10-11,13,19H,6,9,12,14H2,1-2H3,(H,26,32). The number of aromatic nitrogens is 4. The first-order valence-electron chi connectivity index (χ1n) is 10.5. The van der Waals surface area contributed by atoms with E-state index in [9.17, 15) is 14.4 Å². The topological polar surface area (TPSA) is 110 Å². The molecular weight excluding hydrogens is 408 g/mol. The van der Waals surface area contributed by atoms with E-state index in [0.717, 1.165) is 12.8 Å². The van der Waals surface area contributed by atoms with Crippen LogP contribution in [0.4, 0.5) is 5.69 Å². The van der Waals surface area contributed by atoms with Crippen LogP contribution in [0, 0.1) is 13.8 Å². The van der Waals surface area contributed by atoms with Crippen LogP contribution in [-0.2, 0) is 11.3 Å². The molecule has 1 saturated heterocycles. The monoisotopic (exact) mass is 432 g/mol. The number of anilines is 1. The Hall–Kier alpha value is -3.88. The second-order valence-electron chi connectivity index (χ2n) is 7.76. The van der Waals surface area contributed by atoms with E-state index in [1.807, 2.05) is 18.2 Å². The molecule has 2 aromatic heterocycles. The van der Waals surface area contributed by atoms with Crippen LogP contribution in [0.1, 0.15) is 46.5 Å². The van der Waals surface area contributed by atoms with Crippen LogP contribution in [0.2, 0.25) is 0 Å². The number of hydrogen-bond donors (Lipinski definition) is 1. The third kappa shape index (κ3) is 4.56. The van der Waals surface area contributed by atoms with Crippen LogP contribution in [0.3, 0.4) is 0 Å². The minimum absolute atomic E-state index is 0.131. The van der Waals surface area contributed by atoms with E-state index < -0.39 is 0 Å². The quantitative estimate of drug-likeness (QED) is 0.662. The van der Waals surface area contributed by atoms with Gasteiger partial charge in [0, 0.05) is 24.5 Å². The maximum atomic E-state index is 12.9. The zero-order valence-corrected chi connectivity index (χ0v) is 18.0. The van der Waals surface area contributed by atoms with Gasteiger partial charge in [-0.25, -0.2) is 14.6 Å². The van der Waals surface area contributed by atoms with Crippen LogP contribution in [-0.4, -0.2) is 43.0 Å². The van der Waals surface area contributed by atoms with Crippen molar-refractivity contribution in [2.45, 2.75) is 39.3 Å². The summed E-state index contributed by atoms with van der Waals surface area (Å²) < 4.78 is 1.18. The molecule has 32 heavy (non-hydrogen) atoms. The highest BCUT2D eigenvalue weighted by molar-refractivity contribution is 6.04. The number of rotatable bonds is 5. The third-order valence-electron chi connectivity index (χ3n) is 5.43. The molecule has 1 fully saturated rings. The van der Waals surface area contributed by atoms with Gasteiger partial charge in [0.15, 0.2) is 5.82 Å². The zero-order valence-electron chi connectivity index (χ0n) is 18.0. The fourth-order valence-corrected chi connectivity index (χ4v) is 3.81. The van der Waals surface area contributed by atoms with Crippen molar-refractivity contribution in [3.63, 3.8) is 0 Å². The molecule has 1 aliphatic heterocycles. The minimum atomic E-state index is -0.319. The maximum Gasteiger partial charge on any atom is 0.267 e. The van der Waals surface area contributed by atoms with E-state index in [2.05, 4.69) is 20.4 Å². The lowest BCUT2D eigenvalue weighted by Gasteiger charge is -2.24. The number of benzene rings is 1. The van der Waals surface area contributed by atoms with Crippen molar-refractivity contribution in [3.05, 3.63) is 81.8 Å². The molecule has 1 unspecified atom stereocenters. The van der Waals surface area contributed by atoms with Gasteiger partial charge in [0.2, 0.25) is 5.91 Å². The van der Waals surface area contributed by atoms with Gasteiger partial charge in [0.25, 0.3) is 11.5 Å². The predicted molar refractivity (Wildman–Crippen MR) is 118 cm³/mol. The van der Waals surface area contributed by atoms with E-state index >= 15 is 0 Å². The van der Waals surface area contributed by atoms with E-state index in [1.54, 1.807) is 36.9 Å². The van der Waals surface area contributed by atoms with Crippen molar-refractivity contribution in [1.29, 1.82) is 0 Å². The summed E-state index contributed by atoms with van der Waals surface area (Å²) in [4.78, 5) is 48.2. The molecule has 9 nitrogen and oxygen atoms in total. The van der Waals surface area contributed by atoms with Gasteiger partial charge in [0.1, 0.15) is 6.54 Å². The van der Waals surface area contributed by atoms with Crippen molar-refractivity contribution < 1.29 is 9.59 Å². The number of amides is 2. The lowest BCUT2D eigenvalue weighted by Crippen LogP contribution is -2.37. The number of hydrogen-bond acceptors (Lipinski definition) is 6. The molecule has 3 heterocycles. The van der Waals surface area contributed by atoms with Gasteiger partial charge in [-0.3, -0.25) is 14.4 Å². The zero-order chi connectivity index (χ0) is 22.7. The molecule has 0 spiro atoms. The second kappa shape index (κ2) is 9.09. The van der Waals surface area contributed by atoms with E-state index in [0.29, 0.717) is 35.0 Å². The molecule has 0 bridgehead atoms. The van der Waals surface area contributed by atoms with Crippen molar-refractivity contribution in [3.8, 4) is 0 Å². The van der Waals surface area contributed by atoms with Crippen LogP contribution >= 0.6 is 0 Å². The summed E-state index contributed by atoms with van der Waals surface area (Å²) in [6, 6.07) is 11.9. The molecule has 0 saturated carbocycles. The number of carbonyl (C=O) groups is 2. The van der Waals surface area contributed by atoms with Crippen molar-refractivity contribution >= 4 is 17.5 Å². The molecule has 0 aliphatic carbocycles. The first-order valence-corrected chi connectivity index (χ1v) is 10.5. The van der Waals surface area contributed by atoms with Crippen LogP contribution < -0.4 is 10.9 Å². The highest BCUT2D eigenvalue weighted by Gasteiger charge is 2.32. The molecule has 0 radical (unpaired) electrons.